The lowest BCUT2D eigenvalue weighted by atomic mass is 10.1. The molecule has 30 heavy (non-hydrogen) atoms. The highest BCUT2D eigenvalue weighted by atomic mass is 32.2. The zero-order valence-corrected chi connectivity index (χ0v) is 18.4. The summed E-state index contributed by atoms with van der Waals surface area (Å²) in [4.78, 5) is 16.3. The van der Waals surface area contributed by atoms with Gasteiger partial charge >= 0.3 is 0 Å². The summed E-state index contributed by atoms with van der Waals surface area (Å²) in [5.41, 5.74) is 5.27. The van der Waals surface area contributed by atoms with Crippen LogP contribution in [-0.2, 0) is 13.0 Å². The van der Waals surface area contributed by atoms with Crippen LogP contribution in [0.4, 0.5) is 0 Å². The zero-order valence-electron chi connectivity index (χ0n) is 17.6. The number of benzene rings is 2. The third-order valence-electron chi connectivity index (χ3n) is 5.26. The number of H-pyrrole nitrogens is 1. The first-order valence-electron chi connectivity index (χ1n) is 10.4. The topological polar surface area (TPSA) is 63.6 Å². The Kier molecular flexibility index (Phi) is 6.04. The third kappa shape index (κ3) is 3.92. The number of thioether (sulfide) groups is 1. The molecule has 0 spiro atoms. The number of Topliss-reactive ketones (excluding diaryl/α,β-unsaturated/α-hetero) is 1. The molecule has 0 fully saturated rings. The van der Waals surface area contributed by atoms with Crippen molar-refractivity contribution >= 4 is 28.4 Å². The molecular weight excluding hydrogens is 392 g/mol. The Morgan fingerprint density at radius 1 is 1.13 bits per heavy atom. The van der Waals surface area contributed by atoms with Crippen molar-refractivity contribution in [1.29, 1.82) is 0 Å². The van der Waals surface area contributed by atoms with Gasteiger partial charge in [-0.1, -0.05) is 67.6 Å². The van der Waals surface area contributed by atoms with Crippen LogP contribution in [0.2, 0.25) is 0 Å². The number of nitrogens with zero attached hydrogens (tertiary/aromatic N) is 3. The van der Waals surface area contributed by atoms with Crippen molar-refractivity contribution in [2.45, 2.75) is 45.3 Å². The average Bonchev–Trinajstić information content (AvgIpc) is 3.36. The van der Waals surface area contributed by atoms with E-state index in [4.69, 9.17) is 0 Å². The molecule has 2 heterocycles. The molecule has 4 aromatic rings. The summed E-state index contributed by atoms with van der Waals surface area (Å²) in [6.07, 6.45) is 3.74. The van der Waals surface area contributed by atoms with E-state index in [2.05, 4.69) is 64.8 Å². The molecule has 0 aliphatic carbocycles. The normalized spacial score (nSPS) is 11.3. The molecule has 0 aliphatic heterocycles. The van der Waals surface area contributed by atoms with Gasteiger partial charge in [0.2, 0.25) is 0 Å². The summed E-state index contributed by atoms with van der Waals surface area (Å²) >= 11 is 1.46. The maximum atomic E-state index is 13.0. The van der Waals surface area contributed by atoms with Crippen LogP contribution in [0.3, 0.4) is 0 Å². The van der Waals surface area contributed by atoms with Gasteiger partial charge in [0.15, 0.2) is 16.8 Å². The van der Waals surface area contributed by atoms with Crippen LogP contribution < -0.4 is 0 Å². The van der Waals surface area contributed by atoms with E-state index in [1.54, 1.807) is 0 Å². The van der Waals surface area contributed by atoms with Crippen molar-refractivity contribution in [2.24, 2.45) is 0 Å². The first kappa shape index (κ1) is 20.4. The van der Waals surface area contributed by atoms with E-state index in [-0.39, 0.29) is 5.78 Å². The van der Waals surface area contributed by atoms with Crippen LogP contribution >= 0.6 is 11.8 Å². The molecule has 5 nitrogen and oxygen atoms in total. The molecule has 4 rings (SSSR count). The fourth-order valence-electron chi connectivity index (χ4n) is 3.77. The molecule has 1 N–H and O–H groups in total. The van der Waals surface area contributed by atoms with Crippen LogP contribution in [-0.4, -0.2) is 31.3 Å². The van der Waals surface area contributed by atoms with Crippen molar-refractivity contribution < 1.29 is 4.79 Å². The lowest BCUT2D eigenvalue weighted by molar-refractivity contribution is 0.102. The minimum atomic E-state index is 0.0997. The number of ketones is 1. The minimum absolute atomic E-state index is 0.0997. The Morgan fingerprint density at radius 3 is 2.73 bits per heavy atom. The van der Waals surface area contributed by atoms with Gasteiger partial charge in [0.05, 0.1) is 5.75 Å². The fraction of sp³-hybridized carbons (Fsp3) is 0.292. The summed E-state index contributed by atoms with van der Waals surface area (Å²) in [5, 5.41) is 10.6. The molecule has 0 saturated carbocycles. The lowest BCUT2D eigenvalue weighted by Gasteiger charge is -2.09. The van der Waals surface area contributed by atoms with Gasteiger partial charge in [-0.2, -0.15) is 0 Å². The molecule has 6 heteroatoms. The summed E-state index contributed by atoms with van der Waals surface area (Å²) < 4.78 is 2.12. The first-order chi connectivity index (χ1) is 14.6. The van der Waals surface area contributed by atoms with Crippen molar-refractivity contribution in [3.63, 3.8) is 0 Å². The number of hydrogen-bond donors (Lipinski definition) is 1. The van der Waals surface area contributed by atoms with Crippen molar-refractivity contribution in [3.05, 3.63) is 65.4 Å². The number of aromatic nitrogens is 4. The third-order valence-corrected chi connectivity index (χ3v) is 6.22. The van der Waals surface area contributed by atoms with E-state index in [1.807, 2.05) is 24.4 Å². The monoisotopic (exact) mass is 418 g/mol. The largest absolute Gasteiger partial charge is 0.360 e. The van der Waals surface area contributed by atoms with Gasteiger partial charge in [0, 0.05) is 34.8 Å². The second-order valence-electron chi connectivity index (χ2n) is 7.43. The predicted molar refractivity (Wildman–Crippen MR) is 123 cm³/mol. The Hall–Kier alpha value is -2.86. The number of aromatic amines is 1. The number of fused-ring (bicyclic) bond motifs is 1. The van der Waals surface area contributed by atoms with Crippen LogP contribution in [0.15, 0.2) is 53.8 Å². The van der Waals surface area contributed by atoms with E-state index in [1.165, 1.54) is 22.9 Å². The molecule has 0 radical (unpaired) electrons. The fourth-order valence-corrected chi connectivity index (χ4v) is 4.62. The smallest absolute Gasteiger partial charge is 0.191 e. The van der Waals surface area contributed by atoms with Gasteiger partial charge in [-0.25, -0.2) is 0 Å². The molecule has 0 atom stereocenters. The molecule has 2 aromatic carbocycles. The van der Waals surface area contributed by atoms with Crippen LogP contribution in [0.5, 0.6) is 0 Å². The first-order valence-corrected chi connectivity index (χ1v) is 11.4. The van der Waals surface area contributed by atoms with Gasteiger partial charge in [-0.15, -0.1) is 10.2 Å². The van der Waals surface area contributed by atoms with Crippen LogP contribution in [0.25, 0.3) is 22.3 Å². The van der Waals surface area contributed by atoms with E-state index < -0.39 is 0 Å². The SMILES string of the molecule is CCCn1c(SCC(=O)c2c[nH]c3c(CC)cccc23)nnc1-c1cccc(C)c1. The van der Waals surface area contributed by atoms with E-state index in [9.17, 15) is 4.79 Å². The zero-order chi connectivity index (χ0) is 21.1. The number of carbonyl (C=O) groups is 1. The molecule has 154 valence electrons. The maximum Gasteiger partial charge on any atom is 0.191 e. The average molecular weight is 419 g/mol. The lowest BCUT2D eigenvalue weighted by Crippen LogP contribution is -2.05. The minimum Gasteiger partial charge on any atom is -0.360 e. The highest BCUT2D eigenvalue weighted by Crippen LogP contribution is 2.27. The number of para-hydroxylation sites is 1. The molecular formula is C24H26N4OS. The molecule has 0 aliphatic rings. The highest BCUT2D eigenvalue weighted by Gasteiger charge is 2.18. The van der Waals surface area contributed by atoms with Gasteiger partial charge in [-0.3, -0.25) is 4.79 Å². The Labute approximate surface area is 180 Å². The van der Waals surface area contributed by atoms with Crippen LogP contribution in [0.1, 0.15) is 41.8 Å². The van der Waals surface area contributed by atoms with E-state index >= 15 is 0 Å². The van der Waals surface area contributed by atoms with E-state index in [0.717, 1.165) is 52.4 Å². The number of carbonyl (C=O) groups excluding carboxylic acids is 1. The summed E-state index contributed by atoms with van der Waals surface area (Å²) in [6, 6.07) is 14.4. The Morgan fingerprint density at radius 2 is 1.97 bits per heavy atom. The number of hydrogen-bond acceptors (Lipinski definition) is 4. The van der Waals surface area contributed by atoms with Gasteiger partial charge in [-0.05, 0) is 31.4 Å². The molecule has 0 bridgehead atoms. The predicted octanol–water partition coefficient (Wildman–Crippen LogP) is 5.68. The second-order valence-corrected chi connectivity index (χ2v) is 8.38. The second kappa shape index (κ2) is 8.88. The molecule has 0 unspecified atom stereocenters. The van der Waals surface area contributed by atoms with E-state index in [0.29, 0.717) is 5.75 Å². The Balaban J connectivity index is 1.57. The summed E-state index contributed by atoms with van der Waals surface area (Å²) in [5.74, 6) is 1.29. The maximum absolute atomic E-state index is 13.0. The standard InChI is InChI=1S/C24H26N4OS/c1-4-12-28-23(18-10-6-8-16(3)13-18)26-27-24(28)30-15-21(29)20-14-25-22-17(5-2)9-7-11-19(20)22/h6-11,13-14,25H,4-5,12,15H2,1-3H3. The molecule has 0 saturated heterocycles. The van der Waals surface area contributed by atoms with Gasteiger partial charge in [0.1, 0.15) is 0 Å². The summed E-state index contributed by atoms with van der Waals surface area (Å²) in [6.45, 7) is 7.15. The van der Waals surface area contributed by atoms with Gasteiger partial charge in [0.25, 0.3) is 0 Å². The number of rotatable bonds is 8. The highest BCUT2D eigenvalue weighted by molar-refractivity contribution is 7.99. The molecule has 2 aromatic heterocycles. The molecule has 0 amide bonds. The number of nitrogens with one attached hydrogen (secondary N) is 1. The van der Waals surface area contributed by atoms with Crippen LogP contribution in [0, 0.1) is 6.92 Å². The van der Waals surface area contributed by atoms with Crippen molar-refractivity contribution in [3.8, 4) is 11.4 Å². The van der Waals surface area contributed by atoms with Gasteiger partial charge < -0.3 is 9.55 Å². The van der Waals surface area contributed by atoms with Crippen molar-refractivity contribution in [2.75, 3.05) is 5.75 Å². The number of aryl methyl sites for hydroxylation is 2. The Bertz CT molecular complexity index is 1190. The quantitative estimate of drug-likeness (QED) is 0.295. The summed E-state index contributed by atoms with van der Waals surface area (Å²) in [7, 11) is 0. The van der Waals surface area contributed by atoms with Crippen molar-refractivity contribution in [1.82, 2.24) is 19.7 Å².